The van der Waals surface area contributed by atoms with E-state index in [9.17, 15) is 9.18 Å². The van der Waals surface area contributed by atoms with Gasteiger partial charge in [0.15, 0.2) is 0 Å². The molecule has 0 bridgehead atoms. The molecular formula is C16H10FN3O2S. The maximum absolute atomic E-state index is 13.2. The van der Waals surface area contributed by atoms with Crippen LogP contribution in [0.3, 0.4) is 0 Å². The van der Waals surface area contributed by atoms with E-state index in [0.29, 0.717) is 22.5 Å². The second-order valence-corrected chi connectivity index (χ2v) is 5.91. The number of rotatable bonds is 3. The molecule has 0 aliphatic heterocycles. The van der Waals surface area contributed by atoms with E-state index in [2.05, 4.69) is 9.97 Å². The molecule has 0 unspecified atom stereocenters. The topological polar surface area (TPSA) is 60.9 Å². The highest BCUT2D eigenvalue weighted by Gasteiger charge is 2.10. The normalized spacial score (nSPS) is 11.2. The summed E-state index contributed by atoms with van der Waals surface area (Å²) in [5, 5.41) is 2.31. The zero-order chi connectivity index (χ0) is 15.8. The number of hydrogen-bond acceptors (Lipinski definition) is 5. The van der Waals surface area contributed by atoms with E-state index in [4.69, 9.17) is 4.42 Å². The molecule has 114 valence electrons. The van der Waals surface area contributed by atoms with Crippen LogP contribution in [-0.2, 0) is 6.54 Å². The molecule has 4 aromatic rings. The highest BCUT2D eigenvalue weighted by molar-refractivity contribution is 7.13. The first kappa shape index (κ1) is 13.8. The Kier molecular flexibility index (Phi) is 3.27. The summed E-state index contributed by atoms with van der Waals surface area (Å²) in [6.07, 6.45) is 2.92. The Morgan fingerprint density at radius 2 is 2.22 bits per heavy atom. The lowest BCUT2D eigenvalue weighted by molar-refractivity contribution is 0.572. The summed E-state index contributed by atoms with van der Waals surface area (Å²) in [5.74, 6) is 0.109. The Hall–Kier alpha value is -2.80. The Labute approximate surface area is 133 Å². The monoisotopic (exact) mass is 327 g/mol. The fraction of sp³-hybridized carbons (Fsp3) is 0.0625. The lowest BCUT2D eigenvalue weighted by Gasteiger charge is -2.04. The second kappa shape index (κ2) is 5.44. The van der Waals surface area contributed by atoms with Crippen molar-refractivity contribution in [1.29, 1.82) is 0 Å². The molecular weight excluding hydrogens is 317 g/mol. The van der Waals surface area contributed by atoms with Crippen LogP contribution in [0.1, 0.15) is 5.69 Å². The summed E-state index contributed by atoms with van der Waals surface area (Å²) >= 11 is 1.53. The molecule has 0 fully saturated rings. The van der Waals surface area contributed by atoms with Gasteiger partial charge in [0.25, 0.3) is 5.56 Å². The van der Waals surface area contributed by atoms with Gasteiger partial charge in [-0.2, -0.15) is 0 Å². The second-order valence-electron chi connectivity index (χ2n) is 4.96. The molecule has 0 saturated carbocycles. The zero-order valence-corrected chi connectivity index (χ0v) is 12.6. The number of aromatic nitrogens is 3. The molecule has 3 heterocycles. The van der Waals surface area contributed by atoms with Crippen LogP contribution in [0.2, 0.25) is 0 Å². The van der Waals surface area contributed by atoms with E-state index >= 15 is 0 Å². The first-order valence-electron chi connectivity index (χ1n) is 6.84. The first-order chi connectivity index (χ1) is 11.2. The molecule has 23 heavy (non-hydrogen) atoms. The SMILES string of the molecule is O=c1c2ccc(F)cc2ncn1Cc1coc(-c2cccs2)n1. The number of thiophene rings is 1. The maximum Gasteiger partial charge on any atom is 0.261 e. The molecule has 3 aromatic heterocycles. The van der Waals surface area contributed by atoms with Crippen LogP contribution in [-0.4, -0.2) is 14.5 Å². The van der Waals surface area contributed by atoms with Gasteiger partial charge in [0.2, 0.25) is 5.89 Å². The van der Waals surface area contributed by atoms with Gasteiger partial charge in [-0.25, -0.2) is 14.4 Å². The minimum absolute atomic E-state index is 0.240. The summed E-state index contributed by atoms with van der Waals surface area (Å²) in [5.41, 5.74) is 0.722. The van der Waals surface area contributed by atoms with Gasteiger partial charge < -0.3 is 4.42 Å². The lowest BCUT2D eigenvalue weighted by atomic mass is 10.2. The van der Waals surface area contributed by atoms with Gasteiger partial charge in [-0.1, -0.05) is 6.07 Å². The van der Waals surface area contributed by atoms with Crippen molar-refractivity contribution in [2.24, 2.45) is 0 Å². The summed E-state index contributed by atoms with van der Waals surface area (Å²) in [4.78, 5) is 21.9. The first-order valence-corrected chi connectivity index (χ1v) is 7.72. The van der Waals surface area contributed by atoms with Crippen LogP contribution in [0.5, 0.6) is 0 Å². The number of oxazole rings is 1. The molecule has 0 aliphatic carbocycles. The van der Waals surface area contributed by atoms with Crippen LogP contribution in [0.15, 0.2) is 57.5 Å². The molecule has 4 rings (SSSR count). The van der Waals surface area contributed by atoms with E-state index < -0.39 is 5.82 Å². The van der Waals surface area contributed by atoms with Gasteiger partial charge in [-0.15, -0.1) is 11.3 Å². The molecule has 5 nitrogen and oxygen atoms in total. The maximum atomic E-state index is 13.2. The van der Waals surface area contributed by atoms with Crippen molar-refractivity contribution in [3.8, 4) is 10.8 Å². The van der Waals surface area contributed by atoms with E-state index in [0.717, 1.165) is 4.88 Å². The van der Waals surface area contributed by atoms with Crippen LogP contribution in [0, 0.1) is 5.82 Å². The van der Waals surface area contributed by atoms with Gasteiger partial charge in [0, 0.05) is 6.07 Å². The quantitative estimate of drug-likeness (QED) is 0.579. The minimum Gasteiger partial charge on any atom is -0.443 e. The van der Waals surface area contributed by atoms with Crippen LogP contribution >= 0.6 is 11.3 Å². The average Bonchev–Trinajstić information content (AvgIpc) is 3.21. The fourth-order valence-electron chi connectivity index (χ4n) is 2.31. The summed E-state index contributed by atoms with van der Waals surface area (Å²) in [6, 6.07) is 7.77. The average molecular weight is 327 g/mol. The standard InChI is InChI=1S/C16H10FN3O2S/c17-10-3-4-12-13(6-10)18-9-20(16(12)21)7-11-8-22-15(19-11)14-2-1-5-23-14/h1-6,8-9H,7H2. The third-order valence-corrected chi connectivity index (χ3v) is 4.26. The molecule has 0 atom stereocenters. The Bertz CT molecular complexity index is 1040. The molecule has 0 amide bonds. The summed E-state index contributed by atoms with van der Waals surface area (Å²) < 4.78 is 20.0. The van der Waals surface area contributed by atoms with Gasteiger partial charge in [-0.05, 0) is 23.6 Å². The number of hydrogen-bond donors (Lipinski definition) is 0. The number of nitrogens with zero attached hydrogens (tertiary/aromatic N) is 3. The Morgan fingerprint density at radius 1 is 1.30 bits per heavy atom. The van der Waals surface area contributed by atoms with E-state index in [-0.39, 0.29) is 12.1 Å². The molecule has 0 aliphatic rings. The molecule has 0 spiro atoms. The van der Waals surface area contributed by atoms with Crippen molar-refractivity contribution in [3.63, 3.8) is 0 Å². The van der Waals surface area contributed by atoms with Crippen molar-refractivity contribution < 1.29 is 8.81 Å². The molecule has 1 aromatic carbocycles. The molecule has 7 heteroatoms. The number of fused-ring (bicyclic) bond motifs is 1. The zero-order valence-electron chi connectivity index (χ0n) is 11.8. The van der Waals surface area contributed by atoms with Crippen LogP contribution in [0.25, 0.3) is 21.7 Å². The number of benzene rings is 1. The van der Waals surface area contributed by atoms with Crippen LogP contribution < -0.4 is 5.56 Å². The minimum atomic E-state index is -0.417. The molecule has 0 radical (unpaired) electrons. The third-order valence-electron chi connectivity index (χ3n) is 3.40. The smallest absolute Gasteiger partial charge is 0.261 e. The van der Waals surface area contributed by atoms with E-state index in [1.807, 2.05) is 17.5 Å². The Morgan fingerprint density at radius 3 is 3.04 bits per heavy atom. The third kappa shape index (κ3) is 2.55. The summed E-state index contributed by atoms with van der Waals surface area (Å²) in [7, 11) is 0. The van der Waals surface area contributed by atoms with E-state index in [1.165, 1.54) is 46.7 Å². The molecule has 0 saturated heterocycles. The molecule has 0 N–H and O–H groups in total. The predicted molar refractivity (Wildman–Crippen MR) is 84.9 cm³/mol. The highest BCUT2D eigenvalue weighted by Crippen LogP contribution is 2.23. The largest absolute Gasteiger partial charge is 0.443 e. The lowest BCUT2D eigenvalue weighted by Crippen LogP contribution is -2.21. The highest BCUT2D eigenvalue weighted by atomic mass is 32.1. The van der Waals surface area contributed by atoms with Gasteiger partial charge in [0.1, 0.15) is 12.1 Å². The van der Waals surface area contributed by atoms with Gasteiger partial charge in [0.05, 0.1) is 34.3 Å². The summed E-state index contributed by atoms with van der Waals surface area (Å²) in [6.45, 7) is 0.244. The predicted octanol–water partition coefficient (Wildman–Crippen LogP) is 3.30. The van der Waals surface area contributed by atoms with Crippen molar-refractivity contribution in [2.75, 3.05) is 0 Å². The van der Waals surface area contributed by atoms with Gasteiger partial charge >= 0.3 is 0 Å². The Balaban J connectivity index is 1.69. The van der Waals surface area contributed by atoms with Crippen molar-refractivity contribution in [3.05, 3.63) is 70.2 Å². The number of halogens is 1. The van der Waals surface area contributed by atoms with E-state index in [1.54, 1.807) is 0 Å². The van der Waals surface area contributed by atoms with Gasteiger partial charge in [-0.3, -0.25) is 9.36 Å². The van der Waals surface area contributed by atoms with Crippen molar-refractivity contribution in [2.45, 2.75) is 6.54 Å². The fourth-order valence-corrected chi connectivity index (χ4v) is 2.97. The van der Waals surface area contributed by atoms with Crippen molar-refractivity contribution in [1.82, 2.24) is 14.5 Å². The van der Waals surface area contributed by atoms with Crippen LogP contribution in [0.4, 0.5) is 4.39 Å². The van der Waals surface area contributed by atoms with Crippen molar-refractivity contribution >= 4 is 22.2 Å².